The first-order chi connectivity index (χ1) is 23.0. The average Bonchev–Trinajstić information content (AvgIpc) is 3.05. The van der Waals surface area contributed by atoms with Crippen LogP contribution in [0.2, 0.25) is 0 Å². The molecule has 1 unspecified atom stereocenters. The zero-order chi connectivity index (χ0) is 34.5. The molecule has 6 heteroatoms. The SMILES string of the molecule is CC/C=C\C/C=C\C/C=C\C/C=C\C/C=C\CCCCCCCCCC(=O)OC(CCCCCC)CCCCCC(=O)NCC(=O)O. The monoisotopic (exact) mass is 656 g/mol. The van der Waals surface area contributed by atoms with E-state index < -0.39 is 5.97 Å². The summed E-state index contributed by atoms with van der Waals surface area (Å²) in [5.41, 5.74) is 0. The zero-order valence-corrected chi connectivity index (χ0v) is 30.1. The Morgan fingerprint density at radius 3 is 1.60 bits per heavy atom. The van der Waals surface area contributed by atoms with Crippen molar-refractivity contribution in [3.05, 3.63) is 60.8 Å². The number of carboxylic acid groups (broad SMARTS) is 1. The van der Waals surface area contributed by atoms with Crippen LogP contribution in [0.15, 0.2) is 60.8 Å². The number of carbonyl (C=O) groups is 3. The fourth-order valence-electron chi connectivity index (χ4n) is 5.19. The lowest BCUT2D eigenvalue weighted by Gasteiger charge is -2.18. The van der Waals surface area contributed by atoms with Crippen LogP contribution in [0.3, 0.4) is 0 Å². The zero-order valence-electron chi connectivity index (χ0n) is 30.1. The molecule has 47 heavy (non-hydrogen) atoms. The van der Waals surface area contributed by atoms with Gasteiger partial charge in [-0.3, -0.25) is 14.4 Å². The molecule has 0 aliphatic carbocycles. The summed E-state index contributed by atoms with van der Waals surface area (Å²) in [6.45, 7) is 4.02. The number of aliphatic carboxylic acids is 1. The second kappa shape index (κ2) is 36.0. The van der Waals surface area contributed by atoms with Gasteiger partial charge in [-0.2, -0.15) is 0 Å². The second-order valence-electron chi connectivity index (χ2n) is 12.5. The molecule has 0 aromatic rings. The molecule has 0 aromatic heterocycles. The maximum atomic E-state index is 12.5. The molecule has 0 aromatic carbocycles. The number of rotatable bonds is 33. The van der Waals surface area contributed by atoms with Gasteiger partial charge in [-0.25, -0.2) is 0 Å². The quantitative estimate of drug-likeness (QED) is 0.0417. The summed E-state index contributed by atoms with van der Waals surface area (Å²) in [5, 5.41) is 11.0. The van der Waals surface area contributed by atoms with E-state index >= 15 is 0 Å². The predicted octanol–water partition coefficient (Wildman–Crippen LogP) is 11.3. The Labute approximate surface area is 288 Å². The summed E-state index contributed by atoms with van der Waals surface area (Å²) in [6, 6.07) is 0. The van der Waals surface area contributed by atoms with Crippen LogP contribution < -0.4 is 5.32 Å². The Morgan fingerprint density at radius 1 is 0.574 bits per heavy atom. The molecule has 0 radical (unpaired) electrons. The number of esters is 1. The second-order valence-corrected chi connectivity index (χ2v) is 12.5. The van der Waals surface area contributed by atoms with Crippen LogP contribution in [0.1, 0.15) is 168 Å². The third-order valence-electron chi connectivity index (χ3n) is 7.95. The minimum atomic E-state index is -1.03. The summed E-state index contributed by atoms with van der Waals surface area (Å²) < 4.78 is 5.87. The number of carbonyl (C=O) groups excluding carboxylic acids is 2. The number of hydrogen-bond acceptors (Lipinski definition) is 4. The fourth-order valence-corrected chi connectivity index (χ4v) is 5.19. The van der Waals surface area contributed by atoms with Gasteiger partial charge in [0.2, 0.25) is 5.91 Å². The molecule has 2 N–H and O–H groups in total. The highest BCUT2D eigenvalue weighted by atomic mass is 16.5. The van der Waals surface area contributed by atoms with Crippen molar-refractivity contribution in [2.75, 3.05) is 6.54 Å². The van der Waals surface area contributed by atoms with E-state index in [4.69, 9.17) is 9.84 Å². The molecule has 0 aliphatic rings. The topological polar surface area (TPSA) is 92.7 Å². The van der Waals surface area contributed by atoms with Gasteiger partial charge in [-0.05, 0) is 83.5 Å². The van der Waals surface area contributed by atoms with Crippen molar-refractivity contribution in [1.29, 1.82) is 0 Å². The summed E-state index contributed by atoms with van der Waals surface area (Å²) in [6.07, 6.45) is 46.5. The van der Waals surface area contributed by atoms with Crippen molar-refractivity contribution in [3.63, 3.8) is 0 Å². The van der Waals surface area contributed by atoms with Crippen LogP contribution in [0.4, 0.5) is 0 Å². The molecule has 0 saturated carbocycles. The summed E-state index contributed by atoms with van der Waals surface area (Å²) >= 11 is 0. The van der Waals surface area contributed by atoms with E-state index in [0.717, 1.165) is 89.9 Å². The van der Waals surface area contributed by atoms with Crippen molar-refractivity contribution in [1.82, 2.24) is 5.32 Å². The highest BCUT2D eigenvalue weighted by Gasteiger charge is 2.14. The highest BCUT2D eigenvalue weighted by molar-refractivity contribution is 5.80. The summed E-state index contributed by atoms with van der Waals surface area (Å²) in [7, 11) is 0. The molecule has 0 rings (SSSR count). The lowest BCUT2D eigenvalue weighted by atomic mass is 10.0. The number of nitrogens with one attached hydrogen (secondary N) is 1. The number of amides is 1. The molecular weight excluding hydrogens is 586 g/mol. The fraction of sp³-hybridized carbons (Fsp3) is 0.683. The molecule has 0 bridgehead atoms. The lowest BCUT2D eigenvalue weighted by molar-refractivity contribution is -0.150. The summed E-state index contributed by atoms with van der Waals surface area (Å²) in [4.78, 5) is 34.7. The van der Waals surface area contributed by atoms with Crippen molar-refractivity contribution in [2.45, 2.75) is 174 Å². The van der Waals surface area contributed by atoms with Crippen LogP contribution >= 0.6 is 0 Å². The molecule has 0 saturated heterocycles. The summed E-state index contributed by atoms with van der Waals surface area (Å²) in [5.74, 6) is -1.33. The van der Waals surface area contributed by atoms with Gasteiger partial charge in [-0.1, -0.05) is 132 Å². The largest absolute Gasteiger partial charge is 0.480 e. The number of carboxylic acids is 1. The highest BCUT2D eigenvalue weighted by Crippen LogP contribution is 2.17. The number of hydrogen-bond donors (Lipinski definition) is 2. The van der Waals surface area contributed by atoms with Crippen LogP contribution in [0.25, 0.3) is 0 Å². The minimum absolute atomic E-state index is 0.0387. The molecule has 1 atom stereocenters. The van der Waals surface area contributed by atoms with Crippen molar-refractivity contribution >= 4 is 17.8 Å². The van der Waals surface area contributed by atoms with Gasteiger partial charge < -0.3 is 15.2 Å². The van der Waals surface area contributed by atoms with E-state index in [-0.39, 0.29) is 24.5 Å². The van der Waals surface area contributed by atoms with Crippen molar-refractivity contribution < 1.29 is 24.2 Å². The maximum Gasteiger partial charge on any atom is 0.322 e. The Morgan fingerprint density at radius 2 is 1.04 bits per heavy atom. The van der Waals surface area contributed by atoms with Crippen molar-refractivity contribution in [3.8, 4) is 0 Å². The minimum Gasteiger partial charge on any atom is -0.480 e. The van der Waals surface area contributed by atoms with Gasteiger partial charge in [0, 0.05) is 12.8 Å². The Hall–Kier alpha value is -2.89. The Bertz CT molecular complexity index is 902. The first-order valence-electron chi connectivity index (χ1n) is 18.9. The lowest BCUT2D eigenvalue weighted by Crippen LogP contribution is -2.28. The average molecular weight is 656 g/mol. The molecule has 0 spiro atoms. The van der Waals surface area contributed by atoms with E-state index in [1.165, 1.54) is 44.9 Å². The molecule has 268 valence electrons. The molecule has 0 fully saturated rings. The van der Waals surface area contributed by atoms with E-state index in [0.29, 0.717) is 19.3 Å². The van der Waals surface area contributed by atoms with Gasteiger partial charge in [0.15, 0.2) is 0 Å². The van der Waals surface area contributed by atoms with Crippen LogP contribution in [-0.4, -0.2) is 35.6 Å². The normalized spacial score (nSPS) is 12.7. The molecule has 0 aliphatic heterocycles. The predicted molar refractivity (Wildman–Crippen MR) is 198 cm³/mol. The van der Waals surface area contributed by atoms with Gasteiger partial charge in [0.1, 0.15) is 12.6 Å². The first kappa shape index (κ1) is 44.1. The molecule has 0 heterocycles. The molecule has 1 amide bonds. The molecule has 6 nitrogen and oxygen atoms in total. The van der Waals surface area contributed by atoms with Crippen molar-refractivity contribution in [2.24, 2.45) is 0 Å². The standard InChI is InChI=1S/C41H69NO5/c1-3-5-7-9-10-11-12-13-14-15-16-17-18-19-20-21-22-23-24-25-26-27-32-36-41(46)47-38(33-29-8-6-4-2)34-30-28-31-35-39(43)42-37-40(44)45/h5,7,10-11,13-14,16-17,19-20,38H,3-4,6,8-9,12,15,18,21-37H2,1-2H3,(H,42,43)(H,44,45)/b7-5-,11-10-,14-13-,17-16-,20-19-. The van der Waals surface area contributed by atoms with E-state index in [2.05, 4.69) is 79.9 Å². The smallest absolute Gasteiger partial charge is 0.322 e. The molecular formula is C41H69NO5. The van der Waals surface area contributed by atoms with E-state index in [9.17, 15) is 14.4 Å². The third-order valence-corrected chi connectivity index (χ3v) is 7.95. The van der Waals surface area contributed by atoms with Gasteiger partial charge in [0.05, 0.1) is 0 Å². The number of ether oxygens (including phenoxy) is 1. The van der Waals surface area contributed by atoms with E-state index in [1.54, 1.807) is 0 Å². The van der Waals surface area contributed by atoms with E-state index in [1.807, 2.05) is 0 Å². The first-order valence-corrected chi connectivity index (χ1v) is 18.9. The van der Waals surface area contributed by atoms with Gasteiger partial charge in [-0.15, -0.1) is 0 Å². The van der Waals surface area contributed by atoms with Gasteiger partial charge >= 0.3 is 11.9 Å². The van der Waals surface area contributed by atoms with Crippen LogP contribution in [-0.2, 0) is 19.1 Å². The van der Waals surface area contributed by atoms with Gasteiger partial charge in [0.25, 0.3) is 0 Å². The third kappa shape index (κ3) is 35.8. The Balaban J connectivity index is 3.85. The van der Waals surface area contributed by atoms with Crippen LogP contribution in [0, 0.1) is 0 Å². The number of unbranched alkanes of at least 4 members (excludes halogenated alkanes) is 12. The Kier molecular flexibility index (Phi) is 33.7. The number of allylic oxidation sites excluding steroid dienone is 10. The van der Waals surface area contributed by atoms with Crippen LogP contribution in [0.5, 0.6) is 0 Å². The maximum absolute atomic E-state index is 12.5.